The Morgan fingerprint density at radius 3 is 2.81 bits per heavy atom. The van der Waals surface area contributed by atoms with Crippen molar-refractivity contribution in [2.45, 2.75) is 18.5 Å². The quantitative estimate of drug-likeness (QED) is 0.477. The molecular formula is C8H16N2O5Si. The van der Waals surface area contributed by atoms with Gasteiger partial charge in [-0.2, -0.15) is 0 Å². The Balaban J connectivity index is 2.32. The molecule has 2 fully saturated rings. The van der Waals surface area contributed by atoms with E-state index in [2.05, 4.69) is 0 Å². The number of cyclic esters (lactones) is 1. The maximum Gasteiger partial charge on any atom is 0.602 e. The number of fused-ring (bicyclic) bond motifs is 1. The summed E-state index contributed by atoms with van der Waals surface area (Å²) in [4.78, 5) is 11.7. The SMILES string of the molecule is CO[Si]1(OC)OCOC(=O)C2C(N)CCN21. The van der Waals surface area contributed by atoms with Gasteiger partial charge >= 0.3 is 14.9 Å². The summed E-state index contributed by atoms with van der Waals surface area (Å²) in [5, 5.41) is 0. The Hall–Kier alpha value is -0.513. The van der Waals surface area contributed by atoms with Gasteiger partial charge in [0.15, 0.2) is 6.79 Å². The van der Waals surface area contributed by atoms with Crippen molar-refractivity contribution in [1.82, 2.24) is 4.57 Å². The van der Waals surface area contributed by atoms with E-state index in [-0.39, 0.29) is 18.8 Å². The Morgan fingerprint density at radius 2 is 2.19 bits per heavy atom. The largest absolute Gasteiger partial charge is 0.602 e. The number of carbonyl (C=O) groups is 1. The van der Waals surface area contributed by atoms with Crippen LogP contribution in [0.2, 0.25) is 0 Å². The highest BCUT2D eigenvalue weighted by Gasteiger charge is 2.58. The second-order valence-electron chi connectivity index (χ2n) is 3.75. The minimum Gasteiger partial charge on any atom is -0.438 e. The van der Waals surface area contributed by atoms with Crippen molar-refractivity contribution in [3.05, 3.63) is 0 Å². The lowest BCUT2D eigenvalue weighted by molar-refractivity contribution is -0.152. The van der Waals surface area contributed by atoms with Gasteiger partial charge in [-0.05, 0) is 6.42 Å². The summed E-state index contributed by atoms with van der Waals surface area (Å²) in [5.41, 5.74) is 5.89. The van der Waals surface area contributed by atoms with Gasteiger partial charge in [0.2, 0.25) is 0 Å². The Labute approximate surface area is 94.8 Å². The van der Waals surface area contributed by atoms with Crippen LogP contribution in [0.4, 0.5) is 0 Å². The van der Waals surface area contributed by atoms with E-state index in [4.69, 9.17) is 23.7 Å². The van der Waals surface area contributed by atoms with Crippen LogP contribution in [0.5, 0.6) is 0 Å². The zero-order valence-electron chi connectivity index (χ0n) is 9.34. The molecule has 0 spiro atoms. The monoisotopic (exact) mass is 248 g/mol. The van der Waals surface area contributed by atoms with Crippen molar-refractivity contribution >= 4 is 14.9 Å². The third-order valence-corrected chi connectivity index (χ3v) is 5.72. The zero-order valence-corrected chi connectivity index (χ0v) is 10.3. The highest BCUT2D eigenvalue weighted by molar-refractivity contribution is 6.58. The fourth-order valence-electron chi connectivity index (χ4n) is 2.19. The van der Waals surface area contributed by atoms with Crippen LogP contribution in [0.15, 0.2) is 0 Å². The number of ether oxygens (including phenoxy) is 1. The maximum absolute atomic E-state index is 11.7. The molecule has 0 aromatic carbocycles. The molecule has 2 aliphatic heterocycles. The van der Waals surface area contributed by atoms with Crippen LogP contribution in [0.3, 0.4) is 0 Å². The lowest BCUT2D eigenvalue weighted by Crippen LogP contribution is -2.63. The smallest absolute Gasteiger partial charge is 0.438 e. The van der Waals surface area contributed by atoms with E-state index in [0.29, 0.717) is 13.0 Å². The van der Waals surface area contributed by atoms with Crippen LogP contribution >= 0.6 is 0 Å². The summed E-state index contributed by atoms with van der Waals surface area (Å²) in [5.74, 6) is -0.367. The molecule has 0 aliphatic carbocycles. The van der Waals surface area contributed by atoms with Gasteiger partial charge in [-0.15, -0.1) is 0 Å². The van der Waals surface area contributed by atoms with Crippen molar-refractivity contribution in [2.75, 3.05) is 27.6 Å². The summed E-state index contributed by atoms with van der Waals surface area (Å²) in [6, 6.07) is -0.777. The third-order valence-electron chi connectivity index (χ3n) is 3.00. The van der Waals surface area contributed by atoms with Crippen molar-refractivity contribution in [3.63, 3.8) is 0 Å². The number of nitrogens with zero attached hydrogens (tertiary/aromatic N) is 1. The average Bonchev–Trinajstić information content (AvgIpc) is 2.60. The van der Waals surface area contributed by atoms with Crippen LogP contribution in [-0.2, 0) is 22.8 Å². The van der Waals surface area contributed by atoms with E-state index >= 15 is 0 Å². The highest BCUT2D eigenvalue weighted by Crippen LogP contribution is 2.28. The first-order valence-electron chi connectivity index (χ1n) is 5.08. The minimum atomic E-state index is -2.99. The summed E-state index contributed by atoms with van der Waals surface area (Å²) in [6.07, 6.45) is 0.699. The van der Waals surface area contributed by atoms with E-state index in [1.807, 2.05) is 0 Å². The van der Waals surface area contributed by atoms with E-state index in [9.17, 15) is 4.79 Å². The van der Waals surface area contributed by atoms with Gasteiger partial charge in [0.05, 0.1) is 0 Å². The number of rotatable bonds is 2. The van der Waals surface area contributed by atoms with E-state index in [0.717, 1.165) is 0 Å². The van der Waals surface area contributed by atoms with E-state index in [1.165, 1.54) is 14.2 Å². The molecule has 0 bridgehead atoms. The van der Waals surface area contributed by atoms with Gasteiger partial charge in [-0.1, -0.05) is 0 Å². The molecule has 92 valence electrons. The number of hydrogen-bond donors (Lipinski definition) is 1. The molecule has 0 radical (unpaired) electrons. The standard InChI is InChI=1S/C8H16N2O5Si/c1-12-16(13-2)10-4-3-6(9)7(10)8(11)14-5-15-16/h6-7H,3-5,9H2,1-2H3. The van der Waals surface area contributed by atoms with Gasteiger partial charge in [-0.3, -0.25) is 4.79 Å². The summed E-state index contributed by atoms with van der Waals surface area (Å²) < 4.78 is 22.9. The highest BCUT2D eigenvalue weighted by atomic mass is 28.4. The first-order chi connectivity index (χ1) is 7.64. The lowest BCUT2D eigenvalue weighted by Gasteiger charge is -2.33. The molecule has 2 aliphatic rings. The second-order valence-corrected chi connectivity index (χ2v) is 6.48. The topological polar surface area (TPSA) is 83.2 Å². The fourth-order valence-corrected chi connectivity index (χ4v) is 4.48. The molecule has 2 rings (SSSR count). The molecule has 2 atom stereocenters. The van der Waals surface area contributed by atoms with Crippen LogP contribution < -0.4 is 5.73 Å². The van der Waals surface area contributed by atoms with Crippen molar-refractivity contribution in [2.24, 2.45) is 5.73 Å². The molecule has 0 saturated carbocycles. The molecular weight excluding hydrogens is 232 g/mol. The second kappa shape index (κ2) is 4.39. The summed E-state index contributed by atoms with van der Waals surface area (Å²) >= 11 is 0. The number of hydrogen-bond acceptors (Lipinski definition) is 7. The maximum atomic E-state index is 11.7. The Bertz CT molecular complexity index is 286. The normalized spacial score (nSPS) is 34.3. The predicted molar refractivity (Wildman–Crippen MR) is 54.9 cm³/mol. The molecule has 0 amide bonds. The minimum absolute atomic E-state index is 0.146. The number of esters is 1. The summed E-state index contributed by atoms with van der Waals surface area (Å²) in [6.45, 7) is 0.474. The van der Waals surface area contributed by atoms with Crippen molar-refractivity contribution in [3.8, 4) is 0 Å². The van der Waals surface area contributed by atoms with Crippen LogP contribution in [-0.4, -0.2) is 59.1 Å². The molecule has 2 saturated heterocycles. The van der Waals surface area contributed by atoms with Crippen LogP contribution in [0.1, 0.15) is 6.42 Å². The molecule has 8 heteroatoms. The summed E-state index contributed by atoms with van der Waals surface area (Å²) in [7, 11) is 0.0257. The van der Waals surface area contributed by atoms with Crippen LogP contribution in [0.25, 0.3) is 0 Å². The molecule has 0 aromatic heterocycles. The van der Waals surface area contributed by atoms with Gasteiger partial charge in [-0.25, -0.2) is 4.57 Å². The van der Waals surface area contributed by atoms with Gasteiger partial charge in [0.1, 0.15) is 6.04 Å². The first kappa shape index (κ1) is 12.0. The Morgan fingerprint density at radius 1 is 1.50 bits per heavy atom. The Kier molecular flexibility index (Phi) is 3.28. The predicted octanol–water partition coefficient (Wildman–Crippen LogP) is -1.35. The molecule has 2 N–H and O–H groups in total. The molecule has 2 unspecified atom stereocenters. The molecule has 0 aromatic rings. The van der Waals surface area contributed by atoms with Gasteiger partial charge in [0, 0.05) is 26.8 Å². The third kappa shape index (κ3) is 1.67. The molecule has 7 nitrogen and oxygen atoms in total. The van der Waals surface area contributed by atoms with Crippen molar-refractivity contribution in [1.29, 1.82) is 0 Å². The van der Waals surface area contributed by atoms with E-state index in [1.54, 1.807) is 4.57 Å². The van der Waals surface area contributed by atoms with Gasteiger partial charge in [0.25, 0.3) is 0 Å². The van der Waals surface area contributed by atoms with E-state index < -0.39 is 15.0 Å². The lowest BCUT2D eigenvalue weighted by atomic mass is 10.1. The molecule has 16 heavy (non-hydrogen) atoms. The first-order valence-corrected chi connectivity index (χ1v) is 6.75. The van der Waals surface area contributed by atoms with Crippen LogP contribution in [0, 0.1) is 0 Å². The number of nitrogens with two attached hydrogens (primary N) is 1. The fraction of sp³-hybridized carbons (Fsp3) is 0.875. The van der Waals surface area contributed by atoms with Crippen molar-refractivity contribution < 1.29 is 22.8 Å². The molecule has 2 heterocycles. The average molecular weight is 248 g/mol. The number of carbonyl (C=O) groups excluding carboxylic acids is 1. The zero-order chi connectivity index (χ0) is 11.8. The van der Waals surface area contributed by atoms with Gasteiger partial charge < -0.3 is 23.7 Å².